The number of hydrogen-bond donors (Lipinski definition) is 1. The van der Waals surface area contributed by atoms with Gasteiger partial charge in [-0.2, -0.15) is 0 Å². The molecule has 11 nitrogen and oxygen atoms in total. The Hall–Kier alpha value is -5.43. The van der Waals surface area contributed by atoms with Crippen LogP contribution >= 0.6 is 0 Å². The van der Waals surface area contributed by atoms with E-state index in [4.69, 9.17) is 28.4 Å². The molecule has 292 valence electrons. The number of hydrogen-bond acceptors (Lipinski definition) is 10. The molecule has 0 aliphatic carbocycles. The van der Waals surface area contributed by atoms with Crippen molar-refractivity contribution in [3.8, 4) is 46.0 Å². The lowest BCUT2D eigenvalue weighted by atomic mass is 9.87. The molecule has 2 atom stereocenters. The minimum absolute atomic E-state index is 0.0743. The molecule has 0 fully saturated rings. The van der Waals surface area contributed by atoms with E-state index in [-0.39, 0.29) is 29.1 Å². The maximum atomic E-state index is 14.4. The average Bonchev–Trinajstić information content (AvgIpc) is 3.20. The lowest BCUT2D eigenvalue weighted by Gasteiger charge is -2.37. The van der Waals surface area contributed by atoms with Gasteiger partial charge < -0.3 is 28.4 Å². The third-order valence-corrected chi connectivity index (χ3v) is 12.7. The second kappa shape index (κ2) is 15.2. The smallest absolute Gasteiger partial charge is 0.262 e. The van der Waals surface area contributed by atoms with Crippen molar-refractivity contribution in [2.45, 2.75) is 42.7 Å². The van der Waals surface area contributed by atoms with Crippen molar-refractivity contribution in [2.75, 3.05) is 60.3 Å². The van der Waals surface area contributed by atoms with Crippen LogP contribution < -0.4 is 33.1 Å². The van der Waals surface area contributed by atoms with E-state index in [1.165, 1.54) is 18.2 Å². The fraction of sp³-hybridized carbons (Fsp3) is 0.318. The van der Waals surface area contributed by atoms with Gasteiger partial charge in [-0.05, 0) is 116 Å². The number of likely N-dealkylation sites (N-methyl/N-ethyl adjacent to an activating group) is 2. The molecule has 5 aromatic rings. The lowest BCUT2D eigenvalue weighted by Crippen LogP contribution is -2.34. The topological polar surface area (TPSA) is 108 Å². The Morgan fingerprint density at radius 1 is 0.661 bits per heavy atom. The molecule has 56 heavy (non-hydrogen) atoms. The number of ether oxygens (including phenoxy) is 6. The highest BCUT2D eigenvalue weighted by atomic mass is 32.2. The molecule has 9 rings (SSSR count). The first-order chi connectivity index (χ1) is 27.1. The first-order valence-electron chi connectivity index (χ1n) is 18.7. The molecule has 4 aliphatic heterocycles. The van der Waals surface area contributed by atoms with E-state index in [0.29, 0.717) is 64.5 Å². The summed E-state index contributed by atoms with van der Waals surface area (Å²) in [6.45, 7) is 1.61. The van der Waals surface area contributed by atoms with E-state index < -0.39 is 10.0 Å². The highest BCUT2D eigenvalue weighted by Crippen LogP contribution is 2.52. The lowest BCUT2D eigenvalue weighted by molar-refractivity contribution is 0.219. The number of anilines is 1. The summed E-state index contributed by atoms with van der Waals surface area (Å²) < 4.78 is 68.9. The molecule has 0 aromatic heterocycles. The Morgan fingerprint density at radius 3 is 2.00 bits per heavy atom. The fourth-order valence-corrected chi connectivity index (χ4v) is 9.59. The quantitative estimate of drug-likeness (QED) is 0.175. The Balaban J connectivity index is 1.38. The van der Waals surface area contributed by atoms with Crippen LogP contribution in [0.5, 0.6) is 46.0 Å². The number of rotatable bonds is 7. The van der Waals surface area contributed by atoms with Crippen LogP contribution in [0.1, 0.15) is 45.5 Å². The molecule has 4 heterocycles. The molecular formula is C44H47N3O8S. The highest BCUT2D eigenvalue weighted by molar-refractivity contribution is 7.92. The van der Waals surface area contributed by atoms with E-state index in [9.17, 15) is 8.42 Å². The zero-order chi connectivity index (χ0) is 39.1. The number of nitrogens with zero attached hydrogens (tertiary/aromatic N) is 2. The summed E-state index contributed by atoms with van der Waals surface area (Å²) in [5.74, 6) is 3.93. The maximum absolute atomic E-state index is 14.4. The van der Waals surface area contributed by atoms with Gasteiger partial charge in [-0.15, -0.1) is 0 Å². The molecule has 5 aromatic carbocycles. The third-order valence-electron chi connectivity index (χ3n) is 11.3. The SMILES string of the molecule is COc1cc(S(=O)(=O)Nc2ccccc2)c2cc1Oc1ccc(cc1)C[C@H]1c3cc(c(OC)cc3CCN1C)Oc1c(OC)c(OC)cc3c1[C@H](C2)N(C)CC3. The average molecular weight is 778 g/mol. The second-order valence-corrected chi connectivity index (χ2v) is 16.2. The van der Waals surface area contributed by atoms with Crippen LogP contribution in [0, 0.1) is 0 Å². The van der Waals surface area contributed by atoms with Gasteiger partial charge in [0.2, 0.25) is 5.75 Å². The molecule has 0 spiro atoms. The van der Waals surface area contributed by atoms with E-state index in [0.717, 1.165) is 36.1 Å². The summed E-state index contributed by atoms with van der Waals surface area (Å²) >= 11 is 0. The van der Waals surface area contributed by atoms with Crippen LogP contribution in [0.25, 0.3) is 0 Å². The number of para-hydroxylation sites is 1. The van der Waals surface area contributed by atoms with E-state index in [1.54, 1.807) is 57.7 Å². The van der Waals surface area contributed by atoms with Gasteiger partial charge in [0.15, 0.2) is 34.5 Å². The van der Waals surface area contributed by atoms with Crippen LogP contribution in [0.4, 0.5) is 5.69 Å². The minimum Gasteiger partial charge on any atom is -0.493 e. The molecule has 4 aliphatic rings. The fourth-order valence-electron chi connectivity index (χ4n) is 8.28. The largest absolute Gasteiger partial charge is 0.493 e. The van der Waals surface area contributed by atoms with Gasteiger partial charge in [0.05, 0.1) is 33.3 Å². The molecule has 0 saturated heterocycles. The first-order valence-corrected chi connectivity index (χ1v) is 20.2. The molecule has 12 heteroatoms. The Morgan fingerprint density at radius 2 is 1.30 bits per heavy atom. The standard InChI is InChI=1S/C44H47N3O8S/c1-46-18-16-28-22-36(50-3)39-25-33(28)34(46)20-27-12-14-32(15-13-27)54-38-24-30(41(26-37(38)51-4)56(48,49)45-31-10-8-7-9-11-31)21-35-42-29(17-19-47(35)2)23-40(52-5)43(53-6)44(42)55-39/h7-15,22-26,34-35,45H,16-21H2,1-6H3/t34-,35-/m0/s1. The summed E-state index contributed by atoms with van der Waals surface area (Å²) in [5.41, 5.74) is 6.38. The predicted molar refractivity (Wildman–Crippen MR) is 215 cm³/mol. The van der Waals surface area contributed by atoms with E-state index in [2.05, 4.69) is 45.8 Å². The molecule has 0 radical (unpaired) electrons. The second-order valence-electron chi connectivity index (χ2n) is 14.5. The maximum Gasteiger partial charge on any atom is 0.262 e. The Kier molecular flexibility index (Phi) is 10.2. The van der Waals surface area contributed by atoms with Gasteiger partial charge >= 0.3 is 0 Å². The summed E-state index contributed by atoms with van der Waals surface area (Å²) in [6, 6.07) is 26.1. The zero-order valence-electron chi connectivity index (χ0n) is 32.5. The van der Waals surface area contributed by atoms with Gasteiger partial charge in [-0.25, -0.2) is 8.42 Å². The molecule has 0 unspecified atom stereocenters. The highest BCUT2D eigenvalue weighted by Gasteiger charge is 2.36. The number of methoxy groups -OCH3 is 4. The summed E-state index contributed by atoms with van der Waals surface area (Å²) in [5, 5.41) is 0. The molecule has 0 amide bonds. The van der Waals surface area contributed by atoms with Crippen molar-refractivity contribution in [3.05, 3.63) is 118 Å². The van der Waals surface area contributed by atoms with Crippen molar-refractivity contribution < 1.29 is 36.8 Å². The van der Waals surface area contributed by atoms with Crippen molar-refractivity contribution in [1.29, 1.82) is 0 Å². The van der Waals surface area contributed by atoms with Gasteiger partial charge in [0, 0.05) is 42.5 Å². The van der Waals surface area contributed by atoms with Gasteiger partial charge in [-0.1, -0.05) is 30.3 Å². The molecule has 6 bridgehead atoms. The van der Waals surface area contributed by atoms with Crippen LogP contribution in [0.15, 0.2) is 89.8 Å². The monoisotopic (exact) mass is 777 g/mol. The van der Waals surface area contributed by atoms with E-state index in [1.807, 2.05) is 31.3 Å². The normalized spacial score (nSPS) is 18.0. The number of sulfonamides is 1. The van der Waals surface area contributed by atoms with Gasteiger partial charge in [0.25, 0.3) is 10.0 Å². The number of fused-ring (bicyclic) bond motifs is 2. The molecular weight excluding hydrogens is 731 g/mol. The van der Waals surface area contributed by atoms with E-state index >= 15 is 0 Å². The van der Waals surface area contributed by atoms with Crippen molar-refractivity contribution in [2.24, 2.45) is 0 Å². The van der Waals surface area contributed by atoms with Crippen LogP contribution in [-0.4, -0.2) is 73.8 Å². The zero-order valence-corrected chi connectivity index (χ0v) is 33.4. The Bertz CT molecular complexity index is 2370. The van der Waals surface area contributed by atoms with Crippen LogP contribution in [0.3, 0.4) is 0 Å². The minimum atomic E-state index is -4.12. The van der Waals surface area contributed by atoms with Crippen molar-refractivity contribution >= 4 is 15.7 Å². The van der Waals surface area contributed by atoms with Crippen molar-refractivity contribution in [3.63, 3.8) is 0 Å². The summed E-state index contributed by atoms with van der Waals surface area (Å²) in [6.07, 6.45) is 2.61. The Labute approximate surface area is 328 Å². The predicted octanol–water partition coefficient (Wildman–Crippen LogP) is 7.96. The summed E-state index contributed by atoms with van der Waals surface area (Å²) in [4.78, 5) is 4.68. The number of benzene rings is 5. The number of nitrogens with one attached hydrogen (secondary N) is 1. The first kappa shape index (κ1) is 37.5. The molecule has 0 saturated carbocycles. The van der Waals surface area contributed by atoms with Gasteiger partial charge in [0.1, 0.15) is 5.75 Å². The third kappa shape index (κ3) is 6.97. The van der Waals surface area contributed by atoms with Crippen LogP contribution in [0.2, 0.25) is 0 Å². The van der Waals surface area contributed by atoms with Crippen LogP contribution in [-0.2, 0) is 35.7 Å². The molecule has 1 N–H and O–H groups in total. The van der Waals surface area contributed by atoms with Crippen molar-refractivity contribution in [1.82, 2.24) is 9.80 Å². The van der Waals surface area contributed by atoms with Gasteiger partial charge in [-0.3, -0.25) is 14.5 Å². The summed E-state index contributed by atoms with van der Waals surface area (Å²) in [7, 11) is 6.47.